The Bertz CT molecular complexity index is 590. The lowest BCUT2D eigenvalue weighted by Crippen LogP contribution is -2.44. The van der Waals surface area contributed by atoms with Gasteiger partial charge >= 0.3 is 0 Å². The Morgan fingerprint density at radius 2 is 2.00 bits per heavy atom. The van der Waals surface area contributed by atoms with Crippen molar-refractivity contribution >= 4 is 27.5 Å². The van der Waals surface area contributed by atoms with E-state index >= 15 is 0 Å². The molecule has 0 aliphatic heterocycles. The molecule has 0 saturated heterocycles. The topological polar surface area (TPSA) is 75.3 Å². The van der Waals surface area contributed by atoms with Gasteiger partial charge in [0, 0.05) is 5.02 Å². The lowest BCUT2D eigenvalue weighted by molar-refractivity contribution is -0.122. The van der Waals surface area contributed by atoms with Crippen molar-refractivity contribution in [3.05, 3.63) is 29.3 Å². The Morgan fingerprint density at radius 1 is 1.42 bits per heavy atom. The van der Waals surface area contributed by atoms with Crippen molar-refractivity contribution in [3.8, 4) is 12.3 Å². The number of carbonyl (C=O) groups is 1. The molecule has 102 valence electrons. The van der Waals surface area contributed by atoms with Crippen LogP contribution in [-0.4, -0.2) is 26.9 Å². The van der Waals surface area contributed by atoms with Crippen molar-refractivity contribution in [2.24, 2.45) is 0 Å². The van der Waals surface area contributed by atoms with Gasteiger partial charge in [-0.25, -0.2) is 8.42 Å². The average molecular weight is 301 g/mol. The summed E-state index contributed by atoms with van der Waals surface area (Å²) in [7, 11) is -3.77. The zero-order valence-corrected chi connectivity index (χ0v) is 11.8. The Labute approximate surface area is 117 Å². The van der Waals surface area contributed by atoms with Crippen LogP contribution >= 0.6 is 11.6 Å². The van der Waals surface area contributed by atoms with Crippen LogP contribution in [0, 0.1) is 12.3 Å². The first-order valence-electron chi connectivity index (χ1n) is 5.36. The van der Waals surface area contributed by atoms with Crippen LogP contribution in [0.2, 0.25) is 5.02 Å². The van der Waals surface area contributed by atoms with Gasteiger partial charge in [-0.3, -0.25) is 4.79 Å². The first-order valence-corrected chi connectivity index (χ1v) is 7.22. The van der Waals surface area contributed by atoms with Gasteiger partial charge in [-0.05, 0) is 31.2 Å². The molecule has 1 atom stereocenters. The number of terminal acetylenes is 1. The Morgan fingerprint density at radius 3 is 2.53 bits per heavy atom. The maximum absolute atomic E-state index is 12.0. The summed E-state index contributed by atoms with van der Waals surface area (Å²) in [5.74, 6) is 1.74. The van der Waals surface area contributed by atoms with Gasteiger partial charge in [0.05, 0.1) is 17.5 Å². The molecule has 1 aromatic rings. The molecule has 19 heavy (non-hydrogen) atoms. The molecule has 2 N–H and O–H groups in total. The zero-order chi connectivity index (χ0) is 14.5. The molecule has 0 aromatic heterocycles. The molecule has 0 fully saturated rings. The largest absolute Gasteiger partial charge is 0.344 e. The van der Waals surface area contributed by atoms with Crippen LogP contribution in [0.15, 0.2) is 29.2 Å². The fraction of sp³-hybridized carbons (Fsp3) is 0.250. The highest BCUT2D eigenvalue weighted by Gasteiger charge is 2.21. The molecule has 1 rings (SSSR count). The summed E-state index contributed by atoms with van der Waals surface area (Å²) in [5, 5.41) is 2.82. The maximum atomic E-state index is 12.0. The van der Waals surface area contributed by atoms with Crippen molar-refractivity contribution in [1.29, 1.82) is 0 Å². The molecule has 5 nitrogen and oxygen atoms in total. The minimum absolute atomic E-state index is 0.0356. The van der Waals surface area contributed by atoms with E-state index in [1.807, 2.05) is 0 Å². The van der Waals surface area contributed by atoms with Crippen molar-refractivity contribution in [1.82, 2.24) is 10.0 Å². The summed E-state index contributed by atoms with van der Waals surface area (Å²) in [6, 6.07) is 4.71. The highest BCUT2D eigenvalue weighted by atomic mass is 35.5. The van der Waals surface area contributed by atoms with E-state index < -0.39 is 22.0 Å². The molecule has 0 saturated carbocycles. The van der Waals surface area contributed by atoms with E-state index in [-0.39, 0.29) is 11.4 Å². The molecular formula is C12H13ClN2O3S. The van der Waals surface area contributed by atoms with Gasteiger partial charge in [-0.2, -0.15) is 4.72 Å². The molecule has 0 aliphatic rings. The monoisotopic (exact) mass is 300 g/mol. The van der Waals surface area contributed by atoms with Crippen LogP contribution in [0.3, 0.4) is 0 Å². The summed E-state index contributed by atoms with van der Waals surface area (Å²) in [4.78, 5) is 11.5. The number of nitrogens with one attached hydrogen (secondary N) is 2. The highest BCUT2D eigenvalue weighted by Crippen LogP contribution is 2.14. The summed E-state index contributed by atoms with van der Waals surface area (Å²) in [6.45, 7) is 1.48. The number of benzene rings is 1. The summed E-state index contributed by atoms with van der Waals surface area (Å²) in [5.41, 5.74) is 0. The van der Waals surface area contributed by atoms with E-state index in [1.165, 1.54) is 31.2 Å². The third-order valence-corrected chi connectivity index (χ3v) is 4.02. The minimum atomic E-state index is -3.77. The number of carbonyl (C=O) groups excluding carboxylic acids is 1. The van der Waals surface area contributed by atoms with Crippen molar-refractivity contribution in [2.45, 2.75) is 17.9 Å². The van der Waals surface area contributed by atoms with Crippen LogP contribution in [0.4, 0.5) is 0 Å². The second-order valence-corrected chi connectivity index (χ2v) is 5.87. The van der Waals surface area contributed by atoms with E-state index in [1.54, 1.807) is 0 Å². The average Bonchev–Trinajstić information content (AvgIpc) is 2.35. The lowest BCUT2D eigenvalue weighted by Gasteiger charge is -2.13. The van der Waals surface area contributed by atoms with E-state index in [4.69, 9.17) is 18.0 Å². The number of amides is 1. The van der Waals surface area contributed by atoms with Crippen molar-refractivity contribution in [3.63, 3.8) is 0 Å². The van der Waals surface area contributed by atoms with Crippen LogP contribution in [0.25, 0.3) is 0 Å². The summed E-state index contributed by atoms with van der Waals surface area (Å²) >= 11 is 5.68. The summed E-state index contributed by atoms with van der Waals surface area (Å²) in [6.07, 6.45) is 4.99. The normalized spacial score (nSPS) is 12.5. The third kappa shape index (κ3) is 4.56. The number of sulfonamides is 1. The van der Waals surface area contributed by atoms with Crippen LogP contribution in [-0.2, 0) is 14.8 Å². The van der Waals surface area contributed by atoms with E-state index in [9.17, 15) is 13.2 Å². The third-order valence-electron chi connectivity index (χ3n) is 2.21. The van der Waals surface area contributed by atoms with Crippen LogP contribution in [0.1, 0.15) is 6.92 Å². The van der Waals surface area contributed by atoms with E-state index in [0.29, 0.717) is 5.02 Å². The van der Waals surface area contributed by atoms with Crippen molar-refractivity contribution < 1.29 is 13.2 Å². The number of hydrogen-bond acceptors (Lipinski definition) is 3. The number of halogens is 1. The molecule has 1 aromatic carbocycles. The number of hydrogen-bond donors (Lipinski definition) is 2. The van der Waals surface area contributed by atoms with Gasteiger partial charge in [0.25, 0.3) is 0 Å². The number of rotatable bonds is 5. The quantitative estimate of drug-likeness (QED) is 0.788. The fourth-order valence-electron chi connectivity index (χ4n) is 1.26. The lowest BCUT2D eigenvalue weighted by atomic mass is 10.3. The molecular weight excluding hydrogens is 288 g/mol. The van der Waals surface area contributed by atoms with Gasteiger partial charge in [0.1, 0.15) is 0 Å². The Kier molecular flexibility index (Phi) is 5.36. The predicted octanol–water partition coefficient (Wildman–Crippen LogP) is 0.756. The molecule has 0 aliphatic carbocycles. The van der Waals surface area contributed by atoms with Gasteiger partial charge in [0.15, 0.2) is 0 Å². The predicted molar refractivity (Wildman–Crippen MR) is 73.1 cm³/mol. The van der Waals surface area contributed by atoms with Gasteiger partial charge in [-0.15, -0.1) is 6.42 Å². The highest BCUT2D eigenvalue weighted by molar-refractivity contribution is 7.89. The first-order chi connectivity index (χ1) is 8.86. The second kappa shape index (κ2) is 6.57. The van der Waals surface area contributed by atoms with Crippen LogP contribution in [0.5, 0.6) is 0 Å². The van der Waals surface area contributed by atoms with Crippen molar-refractivity contribution in [2.75, 3.05) is 6.54 Å². The van der Waals surface area contributed by atoms with Gasteiger partial charge in [-0.1, -0.05) is 17.5 Å². The Balaban J connectivity index is 2.77. The molecule has 7 heteroatoms. The smallest absolute Gasteiger partial charge is 0.241 e. The fourth-order valence-corrected chi connectivity index (χ4v) is 2.59. The molecule has 0 heterocycles. The molecule has 0 radical (unpaired) electrons. The standard InChI is InChI=1S/C12H13ClN2O3S/c1-3-8-14-12(16)9(2)15-19(17,18)11-6-4-10(13)5-7-11/h1,4-7,9,15H,8H2,2H3,(H,14,16)/t9-/m0/s1. The Hall–Kier alpha value is -1.55. The zero-order valence-electron chi connectivity index (χ0n) is 10.2. The minimum Gasteiger partial charge on any atom is -0.344 e. The molecule has 0 spiro atoms. The first kappa shape index (κ1) is 15.5. The maximum Gasteiger partial charge on any atom is 0.241 e. The van der Waals surface area contributed by atoms with Crippen LogP contribution < -0.4 is 10.0 Å². The van der Waals surface area contributed by atoms with E-state index in [2.05, 4.69) is 16.0 Å². The van der Waals surface area contributed by atoms with E-state index in [0.717, 1.165) is 0 Å². The second-order valence-electron chi connectivity index (χ2n) is 3.72. The molecule has 1 amide bonds. The SMILES string of the molecule is C#CCNC(=O)[C@H](C)NS(=O)(=O)c1ccc(Cl)cc1. The van der Waals surface area contributed by atoms with Gasteiger partial charge in [0.2, 0.25) is 15.9 Å². The summed E-state index contributed by atoms with van der Waals surface area (Å²) < 4.78 is 26.2. The molecule has 0 unspecified atom stereocenters. The van der Waals surface area contributed by atoms with Gasteiger partial charge < -0.3 is 5.32 Å². The molecule has 0 bridgehead atoms.